The zero-order chi connectivity index (χ0) is 14.8. The lowest BCUT2D eigenvalue weighted by atomic mass is 9.99. The molecule has 0 fully saturated rings. The fourth-order valence-corrected chi connectivity index (χ4v) is 1.72. The summed E-state index contributed by atoms with van der Waals surface area (Å²) in [7, 11) is 1.44. The van der Waals surface area contributed by atoms with E-state index in [1.54, 1.807) is 6.07 Å². The summed E-state index contributed by atoms with van der Waals surface area (Å²) in [6, 6.07) is 7.95. The third-order valence-electron chi connectivity index (χ3n) is 2.72. The monoisotopic (exact) mass is 278 g/mol. The third-order valence-corrected chi connectivity index (χ3v) is 2.72. The summed E-state index contributed by atoms with van der Waals surface area (Å²) >= 11 is 0. The zero-order valence-electron chi connectivity index (χ0n) is 10.4. The van der Waals surface area contributed by atoms with E-state index >= 15 is 0 Å². The molecule has 0 unspecified atom stereocenters. The van der Waals surface area contributed by atoms with E-state index in [0.29, 0.717) is 11.4 Å². The molecule has 3 nitrogen and oxygen atoms in total. The Bertz CT molecular complexity index is 658. The number of halogens is 3. The van der Waals surface area contributed by atoms with Crippen LogP contribution in [0.3, 0.4) is 0 Å². The fourth-order valence-electron chi connectivity index (χ4n) is 1.72. The average Bonchev–Trinajstić information content (AvgIpc) is 2.45. The lowest BCUT2D eigenvalue weighted by molar-refractivity contribution is -0.137. The molecule has 1 heterocycles. The van der Waals surface area contributed by atoms with Crippen molar-refractivity contribution >= 4 is 0 Å². The van der Waals surface area contributed by atoms with Crippen molar-refractivity contribution in [3.63, 3.8) is 0 Å². The molecular formula is C14H9F3N2O. The molecule has 0 saturated heterocycles. The number of hydrogen-bond donors (Lipinski definition) is 0. The van der Waals surface area contributed by atoms with E-state index < -0.39 is 11.7 Å². The van der Waals surface area contributed by atoms with Gasteiger partial charge in [-0.3, -0.25) is 0 Å². The largest absolute Gasteiger partial charge is 0.481 e. The number of alkyl halides is 3. The molecule has 2 rings (SSSR count). The summed E-state index contributed by atoms with van der Waals surface area (Å²) in [5, 5.41) is 9.00. The molecule has 0 aliphatic carbocycles. The molecule has 1 aromatic carbocycles. The molecule has 0 spiro atoms. The van der Waals surface area contributed by atoms with Crippen molar-refractivity contribution in [3.8, 4) is 23.1 Å². The molecule has 0 aliphatic rings. The predicted octanol–water partition coefficient (Wildman–Crippen LogP) is 3.65. The molecule has 0 N–H and O–H groups in total. The van der Waals surface area contributed by atoms with E-state index in [1.165, 1.54) is 19.4 Å². The molecule has 0 aliphatic heterocycles. The van der Waals surface area contributed by atoms with Crippen LogP contribution in [0.1, 0.15) is 11.1 Å². The van der Waals surface area contributed by atoms with Gasteiger partial charge in [0.1, 0.15) is 0 Å². The average molecular weight is 278 g/mol. The summed E-state index contributed by atoms with van der Waals surface area (Å²) in [4.78, 5) is 3.93. The van der Waals surface area contributed by atoms with E-state index in [0.717, 1.165) is 18.2 Å². The Hall–Kier alpha value is -2.55. The highest BCUT2D eigenvalue weighted by atomic mass is 19.4. The number of nitriles is 1. The Kier molecular flexibility index (Phi) is 3.61. The van der Waals surface area contributed by atoms with Crippen LogP contribution in [-0.2, 0) is 6.18 Å². The number of methoxy groups -OCH3 is 1. The number of rotatable bonds is 2. The van der Waals surface area contributed by atoms with Gasteiger partial charge < -0.3 is 4.74 Å². The van der Waals surface area contributed by atoms with Crippen LogP contribution >= 0.6 is 0 Å². The predicted molar refractivity (Wildman–Crippen MR) is 65.9 cm³/mol. The molecule has 0 bridgehead atoms. The first-order valence-corrected chi connectivity index (χ1v) is 5.57. The first kappa shape index (κ1) is 13.9. The number of nitrogens with zero attached hydrogens (tertiary/aromatic N) is 2. The van der Waals surface area contributed by atoms with Crippen LogP contribution in [0.25, 0.3) is 11.1 Å². The Morgan fingerprint density at radius 3 is 2.45 bits per heavy atom. The van der Waals surface area contributed by atoms with Crippen LogP contribution in [0.15, 0.2) is 36.5 Å². The van der Waals surface area contributed by atoms with Gasteiger partial charge in [-0.2, -0.15) is 18.4 Å². The number of aromatic nitrogens is 1. The van der Waals surface area contributed by atoms with Crippen LogP contribution in [0.2, 0.25) is 0 Å². The first-order valence-electron chi connectivity index (χ1n) is 5.57. The molecule has 0 saturated carbocycles. The standard InChI is InChI=1S/C14H9F3N2O/c1-20-13-5-3-10(8-19-13)12-6-11(14(15,16)17)4-2-9(12)7-18/h2-6,8H,1H3. The number of pyridine rings is 1. The Balaban J connectivity index is 2.55. The van der Waals surface area contributed by atoms with Crippen molar-refractivity contribution in [2.75, 3.05) is 7.11 Å². The number of hydrogen-bond acceptors (Lipinski definition) is 3. The number of benzene rings is 1. The maximum Gasteiger partial charge on any atom is 0.416 e. The maximum atomic E-state index is 12.7. The van der Waals surface area contributed by atoms with Gasteiger partial charge in [-0.05, 0) is 24.3 Å². The molecular weight excluding hydrogens is 269 g/mol. The first-order chi connectivity index (χ1) is 9.45. The summed E-state index contributed by atoms with van der Waals surface area (Å²) in [5.74, 6) is 0.347. The van der Waals surface area contributed by atoms with Gasteiger partial charge in [-0.25, -0.2) is 4.98 Å². The van der Waals surface area contributed by atoms with Crippen molar-refractivity contribution in [2.24, 2.45) is 0 Å². The summed E-state index contributed by atoms with van der Waals surface area (Å²) in [6.45, 7) is 0. The third kappa shape index (κ3) is 2.72. The minimum Gasteiger partial charge on any atom is -0.481 e. The van der Waals surface area contributed by atoms with Gasteiger partial charge in [0.2, 0.25) is 5.88 Å². The summed E-state index contributed by atoms with van der Waals surface area (Å²) in [5.41, 5.74) is -0.0294. The molecule has 0 atom stereocenters. The smallest absolute Gasteiger partial charge is 0.416 e. The summed E-state index contributed by atoms with van der Waals surface area (Å²) < 4.78 is 43.0. The summed E-state index contributed by atoms with van der Waals surface area (Å²) in [6.07, 6.45) is -3.09. The minimum absolute atomic E-state index is 0.157. The SMILES string of the molecule is COc1ccc(-c2cc(C(F)(F)F)ccc2C#N)cn1. The van der Waals surface area contributed by atoms with Crippen LogP contribution in [0.4, 0.5) is 13.2 Å². The normalized spacial score (nSPS) is 10.9. The van der Waals surface area contributed by atoms with E-state index in [4.69, 9.17) is 10.00 Å². The highest BCUT2D eigenvalue weighted by molar-refractivity contribution is 5.71. The minimum atomic E-state index is -4.46. The van der Waals surface area contributed by atoms with E-state index in [9.17, 15) is 13.2 Å². The highest BCUT2D eigenvalue weighted by Gasteiger charge is 2.31. The van der Waals surface area contributed by atoms with Crippen LogP contribution in [0, 0.1) is 11.3 Å². The van der Waals surface area contributed by atoms with Gasteiger partial charge in [0.15, 0.2) is 0 Å². The second-order valence-corrected chi connectivity index (χ2v) is 3.96. The van der Waals surface area contributed by atoms with Crippen molar-refractivity contribution in [3.05, 3.63) is 47.7 Å². The molecule has 6 heteroatoms. The van der Waals surface area contributed by atoms with E-state index in [1.807, 2.05) is 6.07 Å². The van der Waals surface area contributed by atoms with Crippen molar-refractivity contribution in [2.45, 2.75) is 6.18 Å². The lowest BCUT2D eigenvalue weighted by Gasteiger charge is -2.10. The second kappa shape index (κ2) is 5.21. The Morgan fingerprint density at radius 1 is 1.20 bits per heavy atom. The molecule has 0 radical (unpaired) electrons. The van der Waals surface area contributed by atoms with Gasteiger partial charge in [0.25, 0.3) is 0 Å². The van der Waals surface area contributed by atoms with Crippen molar-refractivity contribution in [1.82, 2.24) is 4.98 Å². The quantitative estimate of drug-likeness (QED) is 0.842. The van der Waals surface area contributed by atoms with Gasteiger partial charge in [0, 0.05) is 23.4 Å². The van der Waals surface area contributed by atoms with Gasteiger partial charge in [-0.1, -0.05) is 0 Å². The molecule has 2 aromatic rings. The molecule has 20 heavy (non-hydrogen) atoms. The highest BCUT2D eigenvalue weighted by Crippen LogP contribution is 2.33. The van der Waals surface area contributed by atoms with Crippen LogP contribution in [-0.4, -0.2) is 12.1 Å². The topological polar surface area (TPSA) is 45.9 Å². The second-order valence-electron chi connectivity index (χ2n) is 3.96. The molecule has 102 valence electrons. The van der Waals surface area contributed by atoms with Crippen molar-refractivity contribution < 1.29 is 17.9 Å². The molecule has 1 aromatic heterocycles. The van der Waals surface area contributed by atoms with Crippen molar-refractivity contribution in [1.29, 1.82) is 5.26 Å². The van der Waals surface area contributed by atoms with Gasteiger partial charge >= 0.3 is 6.18 Å². The Labute approximate surface area is 113 Å². The lowest BCUT2D eigenvalue weighted by Crippen LogP contribution is -2.05. The van der Waals surface area contributed by atoms with Gasteiger partial charge in [0.05, 0.1) is 24.3 Å². The number of ether oxygens (including phenoxy) is 1. The van der Waals surface area contributed by atoms with Crippen LogP contribution < -0.4 is 4.74 Å². The van der Waals surface area contributed by atoms with Crippen LogP contribution in [0.5, 0.6) is 5.88 Å². The Morgan fingerprint density at radius 2 is 1.95 bits per heavy atom. The maximum absolute atomic E-state index is 12.7. The van der Waals surface area contributed by atoms with Gasteiger partial charge in [-0.15, -0.1) is 0 Å². The van der Waals surface area contributed by atoms with E-state index in [2.05, 4.69) is 4.98 Å². The zero-order valence-corrected chi connectivity index (χ0v) is 10.4. The molecule has 0 amide bonds. The van der Waals surface area contributed by atoms with E-state index in [-0.39, 0.29) is 11.1 Å². The fraction of sp³-hybridized carbons (Fsp3) is 0.143.